The second kappa shape index (κ2) is 4.70. The van der Waals surface area contributed by atoms with Crippen LogP contribution in [0, 0.1) is 0 Å². The lowest BCUT2D eigenvalue weighted by molar-refractivity contribution is -0.119. The molecule has 0 unspecified atom stereocenters. The number of amides is 1. The smallest absolute Gasteiger partial charge is 0.248 e. The average molecular weight is 283 g/mol. The number of piperidine rings is 1. The van der Waals surface area contributed by atoms with Crippen LogP contribution in [0.1, 0.15) is 12.8 Å². The number of carbonyl (C=O) groups is 1. The van der Waals surface area contributed by atoms with E-state index < -0.39 is 5.72 Å². The summed E-state index contributed by atoms with van der Waals surface area (Å²) >= 11 is 0. The zero-order chi connectivity index (χ0) is 14.3. The summed E-state index contributed by atoms with van der Waals surface area (Å²) in [5, 5.41) is 4.12. The molecule has 0 bridgehead atoms. The van der Waals surface area contributed by atoms with Crippen LogP contribution >= 0.6 is 0 Å². The molecule has 21 heavy (non-hydrogen) atoms. The molecular formula is C16H17N3O2. The zero-order valence-electron chi connectivity index (χ0n) is 11.7. The van der Waals surface area contributed by atoms with Crippen LogP contribution in [-0.4, -0.2) is 36.3 Å². The monoisotopic (exact) mass is 283 g/mol. The minimum atomic E-state index is -0.440. The SMILES string of the molecule is O=C1COC2(CCN(c3ccc4ccccc4n3)CC2)N1. The van der Waals surface area contributed by atoms with Crippen molar-refractivity contribution in [1.82, 2.24) is 10.3 Å². The second-order valence-electron chi connectivity index (χ2n) is 5.68. The van der Waals surface area contributed by atoms with E-state index in [1.807, 2.05) is 18.2 Å². The predicted molar refractivity (Wildman–Crippen MR) is 80.0 cm³/mol. The molecule has 0 saturated carbocycles. The van der Waals surface area contributed by atoms with Crippen LogP contribution in [0.4, 0.5) is 5.82 Å². The van der Waals surface area contributed by atoms with E-state index in [4.69, 9.17) is 9.72 Å². The van der Waals surface area contributed by atoms with E-state index in [0.29, 0.717) is 0 Å². The van der Waals surface area contributed by atoms with Gasteiger partial charge >= 0.3 is 0 Å². The standard InChI is InChI=1S/C16H17N3O2/c20-15-11-21-16(18-15)7-9-19(10-8-16)14-6-5-12-3-1-2-4-13(12)17-14/h1-6H,7-11H2,(H,18,20). The summed E-state index contributed by atoms with van der Waals surface area (Å²) in [6.45, 7) is 1.87. The molecule has 2 fully saturated rings. The van der Waals surface area contributed by atoms with Crippen LogP contribution in [0.25, 0.3) is 10.9 Å². The number of rotatable bonds is 1. The summed E-state index contributed by atoms with van der Waals surface area (Å²) in [6.07, 6.45) is 1.60. The molecule has 0 atom stereocenters. The first-order valence-electron chi connectivity index (χ1n) is 7.30. The van der Waals surface area contributed by atoms with Crippen molar-refractivity contribution in [1.29, 1.82) is 0 Å². The van der Waals surface area contributed by atoms with Crippen molar-refractivity contribution in [2.75, 3.05) is 24.6 Å². The Morgan fingerprint density at radius 2 is 1.95 bits per heavy atom. The molecule has 1 spiro atoms. The van der Waals surface area contributed by atoms with Crippen molar-refractivity contribution in [2.24, 2.45) is 0 Å². The Balaban J connectivity index is 1.53. The van der Waals surface area contributed by atoms with E-state index in [1.165, 1.54) is 0 Å². The fourth-order valence-electron chi connectivity index (χ4n) is 3.13. The summed E-state index contributed by atoms with van der Waals surface area (Å²) < 4.78 is 5.64. The van der Waals surface area contributed by atoms with E-state index in [-0.39, 0.29) is 12.5 Å². The van der Waals surface area contributed by atoms with Crippen molar-refractivity contribution >= 4 is 22.6 Å². The highest BCUT2D eigenvalue weighted by atomic mass is 16.5. The number of nitrogens with one attached hydrogen (secondary N) is 1. The number of fused-ring (bicyclic) bond motifs is 1. The third-order valence-electron chi connectivity index (χ3n) is 4.33. The molecule has 4 rings (SSSR count). The molecule has 5 nitrogen and oxygen atoms in total. The largest absolute Gasteiger partial charge is 0.356 e. The van der Waals surface area contributed by atoms with Crippen molar-refractivity contribution in [3.8, 4) is 0 Å². The number of carbonyl (C=O) groups excluding carboxylic acids is 1. The van der Waals surface area contributed by atoms with Gasteiger partial charge in [0.15, 0.2) is 0 Å². The van der Waals surface area contributed by atoms with Gasteiger partial charge in [0, 0.05) is 31.3 Å². The first-order valence-corrected chi connectivity index (χ1v) is 7.30. The highest BCUT2D eigenvalue weighted by molar-refractivity contribution is 5.80. The molecule has 108 valence electrons. The van der Waals surface area contributed by atoms with Gasteiger partial charge in [0.25, 0.3) is 0 Å². The normalized spacial score (nSPS) is 21.0. The Labute approximate surface area is 122 Å². The molecule has 2 saturated heterocycles. The van der Waals surface area contributed by atoms with Crippen molar-refractivity contribution in [2.45, 2.75) is 18.6 Å². The summed E-state index contributed by atoms with van der Waals surface area (Å²) in [7, 11) is 0. The maximum Gasteiger partial charge on any atom is 0.248 e. The number of ether oxygens (including phenoxy) is 1. The molecule has 2 aliphatic heterocycles. The van der Waals surface area contributed by atoms with Gasteiger partial charge in [-0.1, -0.05) is 18.2 Å². The van der Waals surface area contributed by atoms with Gasteiger partial charge in [-0.3, -0.25) is 4.79 Å². The third-order valence-corrected chi connectivity index (χ3v) is 4.33. The molecule has 1 aromatic carbocycles. The van der Waals surface area contributed by atoms with E-state index in [2.05, 4.69) is 28.4 Å². The van der Waals surface area contributed by atoms with Crippen molar-refractivity contribution in [3.63, 3.8) is 0 Å². The predicted octanol–water partition coefficient (Wildman–Crippen LogP) is 1.68. The lowest BCUT2D eigenvalue weighted by Crippen LogP contribution is -2.52. The zero-order valence-corrected chi connectivity index (χ0v) is 11.7. The number of para-hydroxylation sites is 1. The maximum atomic E-state index is 11.4. The number of anilines is 1. The van der Waals surface area contributed by atoms with E-state index in [1.54, 1.807) is 0 Å². The number of aromatic nitrogens is 1. The first kappa shape index (κ1) is 12.6. The highest BCUT2D eigenvalue weighted by Gasteiger charge is 2.41. The molecule has 0 aliphatic carbocycles. The van der Waals surface area contributed by atoms with Crippen LogP contribution < -0.4 is 10.2 Å². The molecular weight excluding hydrogens is 266 g/mol. The average Bonchev–Trinajstić information content (AvgIpc) is 2.88. The van der Waals surface area contributed by atoms with Crippen molar-refractivity contribution in [3.05, 3.63) is 36.4 Å². The number of nitrogens with zero attached hydrogens (tertiary/aromatic N) is 2. The maximum absolute atomic E-state index is 11.4. The van der Waals surface area contributed by atoms with E-state index in [0.717, 1.165) is 42.7 Å². The van der Waals surface area contributed by atoms with E-state index >= 15 is 0 Å². The number of hydrogen-bond acceptors (Lipinski definition) is 4. The molecule has 2 aliphatic rings. The Kier molecular flexibility index (Phi) is 2.82. The topological polar surface area (TPSA) is 54.5 Å². The quantitative estimate of drug-likeness (QED) is 0.865. The van der Waals surface area contributed by atoms with Crippen LogP contribution in [0.2, 0.25) is 0 Å². The fraction of sp³-hybridized carbons (Fsp3) is 0.375. The Morgan fingerprint density at radius 1 is 1.14 bits per heavy atom. The Hall–Kier alpha value is -2.14. The summed E-state index contributed by atoms with van der Waals surface area (Å²) in [6, 6.07) is 12.3. The van der Waals surface area contributed by atoms with Gasteiger partial charge < -0.3 is 15.0 Å². The molecule has 2 aromatic rings. The number of pyridine rings is 1. The summed E-state index contributed by atoms with van der Waals surface area (Å²) in [4.78, 5) is 18.3. The van der Waals surface area contributed by atoms with Crippen LogP contribution in [-0.2, 0) is 9.53 Å². The van der Waals surface area contributed by atoms with Crippen LogP contribution in [0.5, 0.6) is 0 Å². The molecule has 3 heterocycles. The molecule has 1 N–H and O–H groups in total. The number of benzene rings is 1. The summed E-state index contributed by atoms with van der Waals surface area (Å²) in [5.41, 5.74) is 0.574. The first-order chi connectivity index (χ1) is 10.2. The molecule has 1 amide bonds. The van der Waals surface area contributed by atoms with Gasteiger partial charge in [0.05, 0.1) is 5.52 Å². The van der Waals surface area contributed by atoms with Gasteiger partial charge in [0.2, 0.25) is 5.91 Å². The fourth-order valence-corrected chi connectivity index (χ4v) is 3.13. The van der Waals surface area contributed by atoms with Gasteiger partial charge in [-0.25, -0.2) is 4.98 Å². The van der Waals surface area contributed by atoms with Crippen molar-refractivity contribution < 1.29 is 9.53 Å². The van der Waals surface area contributed by atoms with Gasteiger partial charge in [-0.15, -0.1) is 0 Å². The third kappa shape index (κ3) is 2.23. The minimum Gasteiger partial charge on any atom is -0.356 e. The molecule has 1 aromatic heterocycles. The van der Waals surface area contributed by atoms with Crippen LogP contribution in [0.15, 0.2) is 36.4 Å². The van der Waals surface area contributed by atoms with Gasteiger partial charge in [-0.2, -0.15) is 0 Å². The Bertz CT molecular complexity index is 693. The minimum absolute atomic E-state index is 0.00715. The second-order valence-corrected chi connectivity index (χ2v) is 5.68. The highest BCUT2D eigenvalue weighted by Crippen LogP contribution is 2.29. The Morgan fingerprint density at radius 3 is 2.71 bits per heavy atom. The van der Waals surface area contributed by atoms with Gasteiger partial charge in [0.1, 0.15) is 18.1 Å². The number of hydrogen-bond donors (Lipinski definition) is 1. The van der Waals surface area contributed by atoms with Gasteiger partial charge in [-0.05, 0) is 18.2 Å². The molecule has 0 radical (unpaired) electrons. The van der Waals surface area contributed by atoms with Crippen LogP contribution in [0.3, 0.4) is 0 Å². The van der Waals surface area contributed by atoms with E-state index in [9.17, 15) is 4.79 Å². The lowest BCUT2D eigenvalue weighted by Gasteiger charge is -2.38. The molecule has 5 heteroatoms. The lowest BCUT2D eigenvalue weighted by atomic mass is 10.0. The summed E-state index contributed by atoms with van der Waals surface area (Å²) in [5.74, 6) is 0.986.